The molecule has 106 valence electrons. The van der Waals surface area contributed by atoms with Gasteiger partial charge >= 0.3 is 5.63 Å². The Hall–Kier alpha value is -3.07. The van der Waals surface area contributed by atoms with Crippen LogP contribution in [0.15, 0.2) is 75.9 Å². The van der Waals surface area contributed by atoms with Gasteiger partial charge in [-0.1, -0.05) is 42.5 Å². The van der Waals surface area contributed by atoms with E-state index < -0.39 is 5.63 Å². The number of phenols is 1. The van der Waals surface area contributed by atoms with E-state index in [1.165, 1.54) is 12.1 Å². The van der Waals surface area contributed by atoms with Crippen molar-refractivity contribution in [3.8, 4) is 16.9 Å². The quantitative estimate of drug-likeness (QED) is 0.531. The lowest BCUT2D eigenvalue weighted by Gasteiger charge is -2.10. The first kappa shape index (κ1) is 12.7. The number of fused-ring (bicyclic) bond motifs is 2. The molecule has 0 amide bonds. The highest BCUT2D eigenvalue weighted by molar-refractivity contribution is 6.04. The van der Waals surface area contributed by atoms with Crippen LogP contribution in [0, 0.1) is 0 Å². The monoisotopic (exact) mass is 288 g/mol. The predicted molar refractivity (Wildman–Crippen MR) is 87.1 cm³/mol. The van der Waals surface area contributed by atoms with Crippen LogP contribution in [-0.4, -0.2) is 5.11 Å². The van der Waals surface area contributed by atoms with Gasteiger partial charge in [-0.05, 0) is 34.0 Å². The lowest BCUT2D eigenvalue weighted by atomic mass is 9.95. The van der Waals surface area contributed by atoms with Gasteiger partial charge in [0, 0.05) is 17.5 Å². The molecule has 0 unspecified atom stereocenters. The zero-order valence-electron chi connectivity index (χ0n) is 11.6. The minimum absolute atomic E-state index is 0.0739. The number of benzene rings is 3. The molecule has 0 fully saturated rings. The molecule has 1 N–H and O–H groups in total. The molecule has 3 aromatic carbocycles. The highest BCUT2D eigenvalue weighted by atomic mass is 16.4. The molecule has 0 spiro atoms. The molecule has 0 radical (unpaired) electrons. The van der Waals surface area contributed by atoms with Gasteiger partial charge in [-0.15, -0.1) is 0 Å². The van der Waals surface area contributed by atoms with Crippen LogP contribution in [0.2, 0.25) is 0 Å². The van der Waals surface area contributed by atoms with Crippen molar-refractivity contribution in [1.29, 1.82) is 0 Å². The highest BCUT2D eigenvalue weighted by Gasteiger charge is 2.11. The van der Waals surface area contributed by atoms with Crippen molar-refractivity contribution in [2.24, 2.45) is 0 Å². The number of hydrogen-bond acceptors (Lipinski definition) is 3. The standard InChI is InChI=1S/C19H12O3/c20-13-10-17(16-8-9-19(21)22-18(16)11-13)15-7-3-5-12-4-1-2-6-14(12)15/h1-11,20H. The first-order valence-corrected chi connectivity index (χ1v) is 6.97. The van der Waals surface area contributed by atoms with Crippen molar-refractivity contribution in [2.45, 2.75) is 0 Å². The van der Waals surface area contributed by atoms with Crippen molar-refractivity contribution in [3.05, 3.63) is 77.2 Å². The van der Waals surface area contributed by atoms with Crippen molar-refractivity contribution in [3.63, 3.8) is 0 Å². The van der Waals surface area contributed by atoms with Crippen LogP contribution >= 0.6 is 0 Å². The molecule has 0 aliphatic rings. The van der Waals surface area contributed by atoms with Gasteiger partial charge in [0.05, 0.1) is 0 Å². The molecule has 4 aromatic rings. The molecular weight excluding hydrogens is 276 g/mol. The summed E-state index contributed by atoms with van der Waals surface area (Å²) in [4.78, 5) is 11.4. The summed E-state index contributed by atoms with van der Waals surface area (Å²) < 4.78 is 5.20. The van der Waals surface area contributed by atoms with Gasteiger partial charge in [0.2, 0.25) is 0 Å². The Bertz CT molecular complexity index is 1060. The Kier molecular flexibility index (Phi) is 2.73. The second-order valence-corrected chi connectivity index (χ2v) is 5.19. The predicted octanol–water partition coefficient (Wildman–Crippen LogP) is 4.32. The minimum Gasteiger partial charge on any atom is -0.508 e. The molecule has 0 atom stereocenters. The maximum atomic E-state index is 11.4. The van der Waals surface area contributed by atoms with Gasteiger partial charge < -0.3 is 9.52 Å². The van der Waals surface area contributed by atoms with Crippen LogP contribution < -0.4 is 5.63 Å². The second-order valence-electron chi connectivity index (χ2n) is 5.19. The fraction of sp³-hybridized carbons (Fsp3) is 0. The van der Waals surface area contributed by atoms with Crippen molar-refractivity contribution >= 4 is 21.7 Å². The Morgan fingerprint density at radius 2 is 1.59 bits per heavy atom. The largest absolute Gasteiger partial charge is 0.508 e. The SMILES string of the molecule is O=c1ccc2c(-c3cccc4ccccc34)cc(O)cc2o1. The molecule has 0 saturated carbocycles. The summed E-state index contributed by atoms with van der Waals surface area (Å²) in [6.45, 7) is 0. The first-order valence-electron chi connectivity index (χ1n) is 6.97. The van der Waals surface area contributed by atoms with E-state index in [2.05, 4.69) is 0 Å². The minimum atomic E-state index is -0.429. The van der Waals surface area contributed by atoms with Crippen LogP contribution in [0.25, 0.3) is 32.9 Å². The summed E-state index contributed by atoms with van der Waals surface area (Å²) in [5, 5.41) is 13.0. The summed E-state index contributed by atoms with van der Waals surface area (Å²) >= 11 is 0. The molecule has 3 heteroatoms. The molecule has 0 aliphatic carbocycles. The van der Waals surface area contributed by atoms with E-state index in [0.29, 0.717) is 5.58 Å². The van der Waals surface area contributed by atoms with Crippen molar-refractivity contribution < 1.29 is 9.52 Å². The number of aromatic hydroxyl groups is 1. The number of hydrogen-bond donors (Lipinski definition) is 1. The Labute approximate surface area is 126 Å². The van der Waals surface area contributed by atoms with Crippen LogP contribution in [0.5, 0.6) is 5.75 Å². The number of rotatable bonds is 1. The van der Waals surface area contributed by atoms with Crippen LogP contribution in [0.3, 0.4) is 0 Å². The van der Waals surface area contributed by atoms with Gasteiger partial charge in [0.1, 0.15) is 11.3 Å². The third-order valence-electron chi connectivity index (χ3n) is 3.80. The van der Waals surface area contributed by atoms with Gasteiger partial charge in [0.15, 0.2) is 0 Å². The van der Waals surface area contributed by atoms with Gasteiger partial charge in [-0.2, -0.15) is 0 Å². The normalized spacial score (nSPS) is 11.1. The third kappa shape index (κ3) is 1.95. The van der Waals surface area contributed by atoms with Gasteiger partial charge in [0.25, 0.3) is 0 Å². The molecule has 0 aliphatic heterocycles. The maximum absolute atomic E-state index is 11.4. The van der Waals surface area contributed by atoms with Crippen LogP contribution in [0.4, 0.5) is 0 Å². The van der Waals surface area contributed by atoms with E-state index in [4.69, 9.17) is 4.42 Å². The van der Waals surface area contributed by atoms with E-state index in [1.54, 1.807) is 12.1 Å². The molecule has 1 aromatic heterocycles. The molecule has 22 heavy (non-hydrogen) atoms. The van der Waals surface area contributed by atoms with E-state index in [0.717, 1.165) is 27.3 Å². The molecule has 3 nitrogen and oxygen atoms in total. The molecule has 1 heterocycles. The van der Waals surface area contributed by atoms with E-state index >= 15 is 0 Å². The summed E-state index contributed by atoms with van der Waals surface area (Å²) in [5.41, 5.74) is 1.79. The lowest BCUT2D eigenvalue weighted by Crippen LogP contribution is -1.95. The summed E-state index contributed by atoms with van der Waals surface area (Å²) in [7, 11) is 0. The zero-order valence-corrected chi connectivity index (χ0v) is 11.6. The lowest BCUT2D eigenvalue weighted by molar-refractivity contribution is 0.473. The van der Waals surface area contributed by atoms with E-state index in [1.807, 2.05) is 42.5 Å². The first-order chi connectivity index (χ1) is 10.7. The summed E-state index contributed by atoms with van der Waals surface area (Å²) in [5.74, 6) is 0.0739. The zero-order chi connectivity index (χ0) is 15.1. The third-order valence-corrected chi connectivity index (χ3v) is 3.80. The maximum Gasteiger partial charge on any atom is 0.336 e. The van der Waals surface area contributed by atoms with E-state index in [-0.39, 0.29) is 5.75 Å². The number of phenolic OH excluding ortho intramolecular Hbond substituents is 1. The average molecular weight is 288 g/mol. The van der Waals surface area contributed by atoms with Crippen molar-refractivity contribution in [2.75, 3.05) is 0 Å². The van der Waals surface area contributed by atoms with Crippen LogP contribution in [-0.2, 0) is 0 Å². The average Bonchev–Trinajstić information content (AvgIpc) is 2.53. The van der Waals surface area contributed by atoms with Gasteiger partial charge in [-0.3, -0.25) is 0 Å². The highest BCUT2D eigenvalue weighted by Crippen LogP contribution is 2.35. The topological polar surface area (TPSA) is 50.4 Å². The Morgan fingerprint density at radius 3 is 2.50 bits per heavy atom. The smallest absolute Gasteiger partial charge is 0.336 e. The second kappa shape index (κ2) is 4.74. The van der Waals surface area contributed by atoms with E-state index in [9.17, 15) is 9.90 Å². The molecule has 4 rings (SSSR count). The van der Waals surface area contributed by atoms with Crippen LogP contribution in [0.1, 0.15) is 0 Å². The van der Waals surface area contributed by atoms with Gasteiger partial charge in [-0.25, -0.2) is 4.79 Å². The summed E-state index contributed by atoms with van der Waals surface area (Å²) in [6, 6.07) is 20.4. The molecule has 0 saturated heterocycles. The Morgan fingerprint density at radius 1 is 0.773 bits per heavy atom. The summed E-state index contributed by atoms with van der Waals surface area (Å²) in [6.07, 6.45) is 0. The Balaban J connectivity index is 2.15. The van der Waals surface area contributed by atoms with Crippen molar-refractivity contribution in [1.82, 2.24) is 0 Å². The fourth-order valence-electron chi connectivity index (χ4n) is 2.85. The molecular formula is C19H12O3. The molecule has 0 bridgehead atoms. The fourth-order valence-corrected chi connectivity index (χ4v) is 2.85.